The van der Waals surface area contributed by atoms with E-state index in [0.29, 0.717) is 5.84 Å². The van der Waals surface area contributed by atoms with Gasteiger partial charge in [-0.1, -0.05) is 170 Å². The number of nitrogens with zero attached hydrogens (tertiary/aromatic N) is 2. The minimum absolute atomic E-state index is 0.449. The molecule has 8 aromatic carbocycles. The zero-order valence-corrected chi connectivity index (χ0v) is 29.2. The fourth-order valence-electron chi connectivity index (χ4n) is 7.68. The number of nitrogens with two attached hydrogens (primary N) is 1. The van der Waals surface area contributed by atoms with E-state index in [-0.39, 0.29) is 0 Å². The Morgan fingerprint density at radius 3 is 2.04 bits per heavy atom. The van der Waals surface area contributed by atoms with Gasteiger partial charge in [0.05, 0.1) is 0 Å². The predicted octanol–water partition coefficient (Wildman–Crippen LogP) is 12.1. The van der Waals surface area contributed by atoms with Crippen LogP contribution in [0.2, 0.25) is 0 Å². The summed E-state index contributed by atoms with van der Waals surface area (Å²) in [6.07, 6.45) is 11.2. The number of amidine groups is 1. The Morgan fingerprint density at radius 1 is 0.566 bits per heavy atom. The lowest BCUT2D eigenvalue weighted by atomic mass is 9.85. The third-order valence-corrected chi connectivity index (χ3v) is 10.2. The van der Waals surface area contributed by atoms with Crippen molar-refractivity contribution in [2.75, 3.05) is 0 Å². The van der Waals surface area contributed by atoms with Crippen molar-refractivity contribution in [2.24, 2.45) is 15.7 Å². The van der Waals surface area contributed by atoms with Gasteiger partial charge in [-0.25, -0.2) is 4.99 Å². The summed E-state index contributed by atoms with van der Waals surface area (Å²) in [6, 6.07) is 57.4. The van der Waals surface area contributed by atoms with Crippen molar-refractivity contribution in [2.45, 2.75) is 12.6 Å². The molecule has 3 heteroatoms. The zero-order valence-electron chi connectivity index (χ0n) is 29.2. The minimum Gasteiger partial charge on any atom is -0.383 e. The number of hydrogen-bond donors (Lipinski definition) is 1. The van der Waals surface area contributed by atoms with Gasteiger partial charge in [0.25, 0.3) is 0 Å². The Balaban J connectivity index is 1.17. The van der Waals surface area contributed by atoms with Crippen molar-refractivity contribution in [3.8, 4) is 22.3 Å². The smallest absolute Gasteiger partial charge is 0.167 e. The van der Waals surface area contributed by atoms with E-state index in [2.05, 4.69) is 152 Å². The highest BCUT2D eigenvalue weighted by molar-refractivity contribution is 6.26. The van der Waals surface area contributed by atoms with Crippen LogP contribution in [0.4, 0.5) is 0 Å². The highest BCUT2D eigenvalue weighted by Gasteiger charge is 2.18. The molecular weight excluding hydrogens is 643 g/mol. The third kappa shape index (κ3) is 6.23. The van der Waals surface area contributed by atoms with Gasteiger partial charge in [0, 0.05) is 11.8 Å². The summed E-state index contributed by atoms with van der Waals surface area (Å²) in [4.78, 5) is 10.1. The predicted molar refractivity (Wildman–Crippen MR) is 226 cm³/mol. The second-order valence-corrected chi connectivity index (χ2v) is 13.5. The van der Waals surface area contributed by atoms with Gasteiger partial charge in [0.1, 0.15) is 5.84 Å². The second kappa shape index (κ2) is 14.1. The molecule has 0 radical (unpaired) electrons. The van der Waals surface area contributed by atoms with E-state index < -0.39 is 6.17 Å². The second-order valence-electron chi connectivity index (χ2n) is 13.5. The molecule has 1 aliphatic rings. The zero-order chi connectivity index (χ0) is 35.6. The van der Waals surface area contributed by atoms with Crippen LogP contribution in [0.1, 0.15) is 34.0 Å². The van der Waals surface area contributed by atoms with Crippen LogP contribution in [0.5, 0.6) is 0 Å². The normalized spacial score (nSPS) is 13.5. The molecule has 1 aliphatic carbocycles. The van der Waals surface area contributed by atoms with E-state index >= 15 is 0 Å². The Bertz CT molecular complexity index is 2760. The molecule has 0 bridgehead atoms. The van der Waals surface area contributed by atoms with E-state index in [1.54, 1.807) is 0 Å². The van der Waals surface area contributed by atoms with Crippen molar-refractivity contribution >= 4 is 50.4 Å². The molecule has 2 N–H and O–H groups in total. The lowest BCUT2D eigenvalue weighted by molar-refractivity contribution is 0.782. The Morgan fingerprint density at radius 2 is 1.23 bits per heavy atom. The molecule has 0 saturated heterocycles. The Labute approximate surface area is 309 Å². The molecule has 1 unspecified atom stereocenters. The molecule has 0 amide bonds. The van der Waals surface area contributed by atoms with Crippen LogP contribution in [0.15, 0.2) is 192 Å². The molecule has 53 heavy (non-hydrogen) atoms. The van der Waals surface area contributed by atoms with Gasteiger partial charge in [0.2, 0.25) is 0 Å². The first-order chi connectivity index (χ1) is 26.2. The number of fused-ring (bicyclic) bond motifs is 8. The Kier molecular flexibility index (Phi) is 8.51. The maximum Gasteiger partial charge on any atom is 0.167 e. The lowest BCUT2D eigenvalue weighted by Gasteiger charge is -2.18. The van der Waals surface area contributed by atoms with Crippen LogP contribution in [-0.4, -0.2) is 12.1 Å². The summed E-state index contributed by atoms with van der Waals surface area (Å²) < 4.78 is 0. The molecule has 9 rings (SSSR count). The standard InChI is InChI=1S/C50H37N3/c51-49(36-19-6-2-7-20-36)53-50(39-23-15-21-37(31-39)35-17-4-1-5-18-35)52-33-34-16-14-22-38(30-34)46-32-47-42-25-9-3-8-24-40(42)41-26-10-12-28-44(41)48(47)45-29-13-11-27-43(45)46/h1-23,25-33,50H,24H2,(H2,51,53)/b52-33+. The van der Waals surface area contributed by atoms with Crippen molar-refractivity contribution in [1.82, 2.24) is 0 Å². The van der Waals surface area contributed by atoms with Crippen molar-refractivity contribution < 1.29 is 0 Å². The van der Waals surface area contributed by atoms with Gasteiger partial charge in [-0.05, 0) is 101 Å². The average molecular weight is 680 g/mol. The molecular formula is C50H37N3. The molecule has 0 fully saturated rings. The fraction of sp³-hybridized carbons (Fsp3) is 0.0400. The largest absolute Gasteiger partial charge is 0.383 e. The van der Waals surface area contributed by atoms with E-state index in [1.807, 2.05) is 42.6 Å². The summed E-state index contributed by atoms with van der Waals surface area (Å²) in [6.45, 7) is 0. The maximum absolute atomic E-state index is 6.61. The topological polar surface area (TPSA) is 50.7 Å². The molecule has 0 aromatic heterocycles. The molecule has 0 spiro atoms. The summed E-state index contributed by atoms with van der Waals surface area (Å²) in [5, 5.41) is 7.68. The SMILES string of the molecule is N/C(=N\C(/N=C/c1cccc(-c2cc3c4c(c5ccccc5c3c3ccccc23)CC=CC=C4)c1)c1cccc(-c2ccccc2)c1)c1ccccc1. The highest BCUT2D eigenvalue weighted by atomic mass is 15.0. The molecule has 0 heterocycles. The first-order valence-electron chi connectivity index (χ1n) is 18.1. The first-order valence-corrected chi connectivity index (χ1v) is 18.1. The fourth-order valence-corrected chi connectivity index (χ4v) is 7.68. The summed E-state index contributed by atoms with van der Waals surface area (Å²) in [5.41, 5.74) is 16.7. The average Bonchev–Trinajstić information content (AvgIpc) is 3.49. The van der Waals surface area contributed by atoms with E-state index in [9.17, 15) is 0 Å². The van der Waals surface area contributed by atoms with Gasteiger partial charge in [-0.2, -0.15) is 0 Å². The lowest BCUT2D eigenvalue weighted by Crippen LogP contribution is -2.15. The third-order valence-electron chi connectivity index (χ3n) is 10.2. The van der Waals surface area contributed by atoms with Gasteiger partial charge >= 0.3 is 0 Å². The number of benzene rings is 8. The van der Waals surface area contributed by atoms with Crippen molar-refractivity contribution in [3.63, 3.8) is 0 Å². The van der Waals surface area contributed by atoms with Gasteiger partial charge in [-0.15, -0.1) is 0 Å². The monoisotopic (exact) mass is 679 g/mol. The number of allylic oxidation sites excluding steroid dienone is 3. The van der Waals surface area contributed by atoms with Crippen LogP contribution in [0.3, 0.4) is 0 Å². The van der Waals surface area contributed by atoms with E-state index in [0.717, 1.165) is 39.8 Å². The van der Waals surface area contributed by atoms with Crippen LogP contribution in [0.25, 0.3) is 60.6 Å². The van der Waals surface area contributed by atoms with Crippen LogP contribution >= 0.6 is 0 Å². The van der Waals surface area contributed by atoms with Crippen molar-refractivity contribution in [3.05, 3.63) is 210 Å². The summed E-state index contributed by atoms with van der Waals surface area (Å²) in [5.74, 6) is 0.449. The number of aliphatic imine (C=N–C) groups is 2. The summed E-state index contributed by atoms with van der Waals surface area (Å²) in [7, 11) is 0. The molecule has 1 atom stereocenters. The quantitative estimate of drug-likeness (QED) is 0.102. The van der Waals surface area contributed by atoms with Crippen LogP contribution in [-0.2, 0) is 6.42 Å². The van der Waals surface area contributed by atoms with Crippen molar-refractivity contribution in [1.29, 1.82) is 0 Å². The molecule has 0 saturated carbocycles. The van der Waals surface area contributed by atoms with Gasteiger partial charge in [-0.3, -0.25) is 4.99 Å². The molecule has 252 valence electrons. The molecule has 0 aliphatic heterocycles. The molecule has 3 nitrogen and oxygen atoms in total. The van der Waals surface area contributed by atoms with E-state index in [4.69, 9.17) is 15.7 Å². The van der Waals surface area contributed by atoms with E-state index in [1.165, 1.54) is 49.0 Å². The maximum atomic E-state index is 6.61. The molecule has 8 aromatic rings. The first kappa shape index (κ1) is 32.1. The Hall–Kier alpha value is -6.84. The number of rotatable bonds is 7. The number of hydrogen-bond acceptors (Lipinski definition) is 2. The van der Waals surface area contributed by atoms with Gasteiger partial charge in [0.15, 0.2) is 6.17 Å². The van der Waals surface area contributed by atoms with Gasteiger partial charge < -0.3 is 5.73 Å². The van der Waals surface area contributed by atoms with Crippen LogP contribution < -0.4 is 5.73 Å². The minimum atomic E-state index is -0.534. The van der Waals surface area contributed by atoms with Crippen LogP contribution in [0, 0.1) is 0 Å². The highest BCUT2D eigenvalue weighted by Crippen LogP contribution is 2.43. The summed E-state index contributed by atoms with van der Waals surface area (Å²) >= 11 is 0.